The number of methoxy groups -OCH3 is 1. The van der Waals surface area contributed by atoms with Gasteiger partial charge in [-0.2, -0.15) is 0 Å². The molecule has 1 saturated carbocycles. The molecule has 4 rings (SSSR count). The fourth-order valence-corrected chi connectivity index (χ4v) is 6.10. The standard InChI is InChI=1S/C26H32N4O9.ClH/c1-29(2)14-8-13(28-15(31)9-39-5)20(32)17-11(14)6-10-7-12-19(30(3)4)22(34)18(25(27)37)24(36)26(12,38)23(35)16(10)21(17)33;/h8,10,12,19,32-33,36,38H,6-7,9H2,1-5H3,(H2,27,37)(H,28,31);1H/t10?,12?,19-,26?;/m0./s1. The van der Waals surface area contributed by atoms with E-state index in [0.717, 1.165) is 0 Å². The van der Waals surface area contributed by atoms with Crippen LogP contribution in [0.15, 0.2) is 23.0 Å². The number of carbonyl (C=O) groups is 4. The van der Waals surface area contributed by atoms with Gasteiger partial charge in [-0.3, -0.25) is 24.1 Å². The van der Waals surface area contributed by atoms with Crippen LogP contribution < -0.4 is 16.0 Å². The number of ketones is 2. The normalized spacial score (nSPS) is 25.6. The quantitative estimate of drug-likeness (QED) is 0.196. The second kappa shape index (κ2) is 10.7. The highest BCUT2D eigenvalue weighted by Gasteiger charge is 2.64. The molecule has 2 amide bonds. The molecule has 3 aliphatic rings. The van der Waals surface area contributed by atoms with E-state index in [2.05, 4.69) is 5.32 Å². The molecule has 0 aliphatic heterocycles. The van der Waals surface area contributed by atoms with Gasteiger partial charge in [0.1, 0.15) is 29.4 Å². The Morgan fingerprint density at radius 1 is 1.18 bits per heavy atom. The Labute approximate surface area is 236 Å². The maximum atomic E-state index is 13.9. The third-order valence-electron chi connectivity index (χ3n) is 7.73. The molecular formula is C26H33ClN4O9. The third-order valence-corrected chi connectivity index (χ3v) is 7.73. The van der Waals surface area contributed by atoms with Crippen molar-refractivity contribution in [2.45, 2.75) is 24.5 Å². The first kappa shape index (κ1) is 30.9. The lowest BCUT2D eigenvalue weighted by atomic mass is 9.57. The molecule has 0 radical (unpaired) electrons. The van der Waals surface area contributed by atoms with Gasteiger partial charge in [-0.25, -0.2) is 0 Å². The van der Waals surface area contributed by atoms with Crippen LogP contribution in [0.3, 0.4) is 0 Å². The van der Waals surface area contributed by atoms with Crippen LogP contribution in [-0.2, 0) is 30.3 Å². The van der Waals surface area contributed by atoms with Crippen LogP contribution in [0.1, 0.15) is 17.5 Å². The lowest BCUT2D eigenvalue weighted by Crippen LogP contribution is -2.65. The fourth-order valence-electron chi connectivity index (χ4n) is 6.10. The Morgan fingerprint density at radius 3 is 2.33 bits per heavy atom. The third kappa shape index (κ3) is 4.38. The summed E-state index contributed by atoms with van der Waals surface area (Å²) in [4.78, 5) is 54.6. The average molecular weight is 581 g/mol. The molecule has 3 aliphatic carbocycles. The number of aliphatic hydroxyl groups excluding tert-OH is 2. The molecule has 4 atom stereocenters. The molecular weight excluding hydrogens is 548 g/mol. The van der Waals surface area contributed by atoms with Gasteiger partial charge >= 0.3 is 0 Å². The van der Waals surface area contributed by atoms with Crippen LogP contribution >= 0.6 is 12.4 Å². The predicted molar refractivity (Wildman–Crippen MR) is 146 cm³/mol. The van der Waals surface area contributed by atoms with Crippen molar-refractivity contribution >= 4 is 52.9 Å². The molecule has 0 heterocycles. The lowest BCUT2D eigenvalue weighted by molar-refractivity contribution is -0.153. The summed E-state index contributed by atoms with van der Waals surface area (Å²) in [5, 5.41) is 47.7. The Bertz CT molecular complexity index is 1370. The van der Waals surface area contributed by atoms with E-state index in [9.17, 15) is 39.6 Å². The number of benzene rings is 1. The molecule has 3 unspecified atom stereocenters. The summed E-state index contributed by atoms with van der Waals surface area (Å²) >= 11 is 0. The molecule has 1 aromatic rings. The van der Waals surface area contributed by atoms with Crippen molar-refractivity contribution in [3.05, 3.63) is 34.1 Å². The summed E-state index contributed by atoms with van der Waals surface area (Å²) in [7, 11) is 7.85. The first-order valence-corrected chi connectivity index (χ1v) is 12.2. The molecule has 0 bridgehead atoms. The van der Waals surface area contributed by atoms with E-state index >= 15 is 0 Å². The highest BCUT2D eigenvalue weighted by molar-refractivity contribution is 6.24. The minimum Gasteiger partial charge on any atom is -0.508 e. The minimum absolute atomic E-state index is 0. The molecule has 0 aromatic heterocycles. The zero-order chi connectivity index (χ0) is 29.1. The number of likely N-dealkylation sites (N-methyl/N-ethyl adjacent to an activating group) is 1. The largest absolute Gasteiger partial charge is 0.508 e. The zero-order valence-corrected chi connectivity index (χ0v) is 23.5. The molecule has 13 nitrogen and oxygen atoms in total. The number of carbonyl (C=O) groups excluding carboxylic acids is 4. The van der Waals surface area contributed by atoms with Crippen molar-refractivity contribution < 1.29 is 44.3 Å². The number of fused-ring (bicyclic) bond motifs is 3. The number of ether oxygens (including phenoxy) is 1. The van der Waals surface area contributed by atoms with Crippen molar-refractivity contribution in [3.63, 3.8) is 0 Å². The average Bonchev–Trinajstić information content (AvgIpc) is 2.82. The fraction of sp³-hybridized carbons (Fsp3) is 0.462. The summed E-state index contributed by atoms with van der Waals surface area (Å²) in [6.07, 6.45) is 0.105. The van der Waals surface area contributed by atoms with Gasteiger partial charge in [-0.1, -0.05) is 0 Å². The van der Waals surface area contributed by atoms with Gasteiger partial charge in [0.15, 0.2) is 11.4 Å². The highest BCUT2D eigenvalue weighted by atomic mass is 35.5. The Kier molecular flexibility index (Phi) is 8.28. The smallest absolute Gasteiger partial charge is 0.255 e. The number of aromatic hydroxyl groups is 1. The summed E-state index contributed by atoms with van der Waals surface area (Å²) < 4.78 is 4.82. The molecule has 0 spiro atoms. The van der Waals surface area contributed by atoms with E-state index in [-0.39, 0.29) is 48.7 Å². The monoisotopic (exact) mass is 580 g/mol. The summed E-state index contributed by atoms with van der Waals surface area (Å²) in [6, 6.07) is 0.365. The Hall–Kier alpha value is -3.65. The van der Waals surface area contributed by atoms with Crippen LogP contribution in [0.2, 0.25) is 0 Å². The minimum atomic E-state index is -2.73. The van der Waals surface area contributed by atoms with Crippen LogP contribution in [0.4, 0.5) is 11.4 Å². The second-order valence-electron chi connectivity index (χ2n) is 10.5. The molecule has 14 heteroatoms. The van der Waals surface area contributed by atoms with E-state index < -0.39 is 69.7 Å². The molecule has 218 valence electrons. The number of amides is 2. The zero-order valence-electron chi connectivity index (χ0n) is 22.6. The number of nitrogens with zero attached hydrogens (tertiary/aromatic N) is 2. The number of aliphatic hydroxyl groups is 3. The van der Waals surface area contributed by atoms with Crippen molar-refractivity contribution in [2.24, 2.45) is 17.6 Å². The first-order valence-electron chi connectivity index (χ1n) is 12.2. The number of phenolic OH excluding ortho intramolecular Hbond substituents is 1. The molecule has 0 saturated heterocycles. The number of primary amides is 1. The maximum absolute atomic E-state index is 13.9. The van der Waals surface area contributed by atoms with E-state index in [4.69, 9.17) is 10.5 Å². The van der Waals surface area contributed by atoms with Crippen molar-refractivity contribution in [2.75, 3.05) is 52.1 Å². The van der Waals surface area contributed by atoms with Crippen LogP contribution in [0.5, 0.6) is 5.75 Å². The number of phenols is 1. The number of halogens is 1. The first-order chi connectivity index (χ1) is 18.2. The summed E-state index contributed by atoms with van der Waals surface area (Å²) in [5.41, 5.74) is 2.32. The van der Waals surface area contributed by atoms with Gasteiger partial charge < -0.3 is 41.1 Å². The second-order valence-corrected chi connectivity index (χ2v) is 10.5. The van der Waals surface area contributed by atoms with E-state index in [1.54, 1.807) is 19.0 Å². The van der Waals surface area contributed by atoms with Crippen LogP contribution in [-0.4, -0.2) is 102 Å². The van der Waals surface area contributed by atoms with Gasteiger partial charge in [0.05, 0.1) is 17.3 Å². The van der Waals surface area contributed by atoms with Gasteiger partial charge in [0.25, 0.3) is 5.91 Å². The number of nitrogens with one attached hydrogen (secondary N) is 1. The number of nitrogens with two attached hydrogens (primary N) is 1. The number of rotatable bonds is 6. The van der Waals surface area contributed by atoms with Crippen molar-refractivity contribution in [3.8, 4) is 5.75 Å². The van der Waals surface area contributed by atoms with Gasteiger partial charge in [0, 0.05) is 38.4 Å². The SMILES string of the molecule is COCC(=O)Nc1cc(N(C)C)c2c(c1O)C(O)=C1C(=O)C3(O)C(O)=C(C(N)=O)C(=O)[C@@H](N(C)C)C3CC1C2.Cl. The lowest BCUT2D eigenvalue weighted by Gasteiger charge is -2.50. The number of Topliss-reactive ketones (excluding diaryl/α,β-unsaturated/α-hetero) is 2. The number of hydrogen-bond acceptors (Lipinski definition) is 11. The topological polar surface area (TPSA) is 203 Å². The molecule has 1 fully saturated rings. The van der Waals surface area contributed by atoms with Crippen molar-refractivity contribution in [1.82, 2.24) is 4.90 Å². The Morgan fingerprint density at radius 2 is 1.80 bits per heavy atom. The highest BCUT2D eigenvalue weighted by Crippen LogP contribution is 2.54. The van der Waals surface area contributed by atoms with Crippen LogP contribution in [0, 0.1) is 11.8 Å². The Balaban J connectivity index is 0.00000441. The number of anilines is 2. The summed E-state index contributed by atoms with van der Waals surface area (Å²) in [6.45, 7) is -0.296. The van der Waals surface area contributed by atoms with Gasteiger partial charge in [-0.15, -0.1) is 12.4 Å². The predicted octanol–water partition coefficient (Wildman–Crippen LogP) is 0.0367. The maximum Gasteiger partial charge on any atom is 0.255 e. The summed E-state index contributed by atoms with van der Waals surface area (Å²) in [5.74, 6) is -7.98. The van der Waals surface area contributed by atoms with Gasteiger partial charge in [-0.05, 0) is 44.5 Å². The van der Waals surface area contributed by atoms with E-state index in [1.807, 2.05) is 0 Å². The molecule has 40 heavy (non-hydrogen) atoms. The molecule has 1 aromatic carbocycles. The van der Waals surface area contributed by atoms with E-state index in [0.29, 0.717) is 11.3 Å². The van der Waals surface area contributed by atoms with Crippen molar-refractivity contribution in [1.29, 1.82) is 0 Å². The molecule has 7 N–H and O–H groups in total. The van der Waals surface area contributed by atoms with Gasteiger partial charge in [0.2, 0.25) is 11.7 Å². The van der Waals surface area contributed by atoms with E-state index in [1.165, 1.54) is 32.2 Å². The number of hydrogen-bond donors (Lipinski definition) is 6. The van der Waals surface area contributed by atoms with Crippen LogP contribution in [0.25, 0.3) is 5.76 Å².